The monoisotopic (exact) mass is 495 g/mol. The first-order valence-corrected chi connectivity index (χ1v) is 11.3. The van der Waals surface area contributed by atoms with Crippen LogP contribution >= 0.6 is 27.5 Å². The van der Waals surface area contributed by atoms with Crippen molar-refractivity contribution in [3.8, 4) is 17.2 Å². The van der Waals surface area contributed by atoms with Gasteiger partial charge in [0.15, 0.2) is 0 Å². The lowest BCUT2D eigenvalue weighted by Gasteiger charge is -2.17. The van der Waals surface area contributed by atoms with Crippen LogP contribution in [0.4, 0.5) is 4.39 Å². The zero-order chi connectivity index (χ0) is 21.1. The minimum absolute atomic E-state index is 0.00802. The van der Waals surface area contributed by atoms with Crippen LogP contribution in [-0.4, -0.2) is 49.0 Å². The van der Waals surface area contributed by atoms with E-state index < -0.39 is 0 Å². The lowest BCUT2D eigenvalue weighted by atomic mass is 9.96. The van der Waals surface area contributed by atoms with Crippen molar-refractivity contribution < 1.29 is 19.0 Å². The van der Waals surface area contributed by atoms with Crippen LogP contribution in [0.1, 0.15) is 30.4 Å². The van der Waals surface area contributed by atoms with E-state index in [9.17, 15) is 9.50 Å². The Kier molecular flexibility index (Phi) is 6.86. The molecule has 1 saturated heterocycles. The van der Waals surface area contributed by atoms with Gasteiger partial charge in [0.2, 0.25) is 0 Å². The molecule has 0 aromatic heterocycles. The number of aromatic hydroxyl groups is 1. The van der Waals surface area contributed by atoms with Crippen LogP contribution in [0.15, 0.2) is 40.9 Å². The van der Waals surface area contributed by atoms with Crippen molar-refractivity contribution in [1.29, 1.82) is 0 Å². The highest BCUT2D eigenvalue weighted by Gasteiger charge is 2.24. The van der Waals surface area contributed by atoms with Crippen molar-refractivity contribution in [2.24, 2.45) is 0 Å². The summed E-state index contributed by atoms with van der Waals surface area (Å²) in [4.78, 5) is 2.25. The average molecular weight is 497 g/mol. The maximum atomic E-state index is 12.4. The highest BCUT2D eigenvalue weighted by Crippen LogP contribution is 2.43. The number of halogens is 3. The van der Waals surface area contributed by atoms with Crippen LogP contribution in [0.5, 0.6) is 17.2 Å². The summed E-state index contributed by atoms with van der Waals surface area (Å²) in [7, 11) is 0. The Morgan fingerprint density at radius 1 is 1.27 bits per heavy atom. The standard InChI is InChI=1S/C23H24BrClFNO3/c24-19-7-11-29-22-13-21(28)20(25)12-18(22)23(19)15-2-4-16(5-3-15)30-17-6-10-27(14-17)9-1-8-26/h2-5,12-13,17,28H,1,6-11,14H2/t17-/m0/s1. The minimum atomic E-state index is -0.270. The molecule has 0 spiro atoms. The smallest absolute Gasteiger partial charge is 0.137 e. The van der Waals surface area contributed by atoms with Gasteiger partial charge in [-0.25, -0.2) is 0 Å². The molecular weight excluding hydrogens is 473 g/mol. The van der Waals surface area contributed by atoms with E-state index >= 15 is 0 Å². The Hall–Kier alpha value is -1.76. The number of alkyl halides is 1. The second kappa shape index (κ2) is 9.58. The van der Waals surface area contributed by atoms with Crippen LogP contribution < -0.4 is 9.47 Å². The number of phenols is 1. The number of hydrogen-bond acceptors (Lipinski definition) is 4. The highest BCUT2D eigenvalue weighted by molar-refractivity contribution is 9.11. The Labute approximate surface area is 189 Å². The third kappa shape index (κ3) is 4.76. The van der Waals surface area contributed by atoms with Crippen LogP contribution in [0.25, 0.3) is 5.57 Å². The zero-order valence-electron chi connectivity index (χ0n) is 16.5. The average Bonchev–Trinajstić information content (AvgIpc) is 3.11. The molecule has 0 radical (unpaired) electrons. The zero-order valence-corrected chi connectivity index (χ0v) is 18.9. The SMILES string of the molecule is Oc1cc2c(cc1Cl)C(c1ccc(O[C@H]3CCN(CCCF)C3)cc1)=C(Br)CCO2. The molecule has 0 amide bonds. The number of rotatable bonds is 6. The predicted molar refractivity (Wildman–Crippen MR) is 121 cm³/mol. The number of nitrogens with zero attached hydrogens (tertiary/aromatic N) is 1. The molecule has 1 fully saturated rings. The van der Waals surface area contributed by atoms with Gasteiger partial charge in [-0.3, -0.25) is 9.29 Å². The molecule has 1 N–H and O–H groups in total. The fourth-order valence-corrected chi connectivity index (χ4v) is 4.73. The normalized spacial score (nSPS) is 19.4. The molecular formula is C23H24BrClFNO3. The van der Waals surface area contributed by atoms with Crippen molar-refractivity contribution in [2.75, 3.05) is 32.9 Å². The Balaban J connectivity index is 1.52. The molecule has 0 unspecified atom stereocenters. The molecule has 30 heavy (non-hydrogen) atoms. The molecule has 1 atom stereocenters. The number of likely N-dealkylation sites (tertiary alicyclic amines) is 1. The van der Waals surface area contributed by atoms with E-state index in [2.05, 4.69) is 20.8 Å². The molecule has 2 aromatic rings. The molecule has 2 aliphatic heterocycles. The molecule has 4 nitrogen and oxygen atoms in total. The van der Waals surface area contributed by atoms with E-state index in [0.29, 0.717) is 18.8 Å². The highest BCUT2D eigenvalue weighted by atomic mass is 79.9. The first-order valence-electron chi connectivity index (χ1n) is 10.1. The van der Waals surface area contributed by atoms with Gasteiger partial charge in [-0.05, 0) is 36.6 Å². The van der Waals surface area contributed by atoms with E-state index in [1.807, 2.05) is 24.3 Å². The third-order valence-electron chi connectivity index (χ3n) is 5.45. The molecule has 0 bridgehead atoms. The Morgan fingerprint density at radius 3 is 2.83 bits per heavy atom. The fraction of sp³-hybridized carbons (Fsp3) is 0.391. The van der Waals surface area contributed by atoms with Gasteiger partial charge in [0.1, 0.15) is 23.4 Å². The summed E-state index contributed by atoms with van der Waals surface area (Å²) in [5.74, 6) is 1.44. The summed E-state index contributed by atoms with van der Waals surface area (Å²) in [6.45, 7) is 2.82. The largest absolute Gasteiger partial charge is 0.506 e. The van der Waals surface area contributed by atoms with Gasteiger partial charge < -0.3 is 14.6 Å². The topological polar surface area (TPSA) is 41.9 Å². The number of ether oxygens (including phenoxy) is 2. The van der Waals surface area contributed by atoms with E-state index in [0.717, 1.165) is 59.4 Å². The van der Waals surface area contributed by atoms with Crippen molar-refractivity contribution in [3.05, 3.63) is 57.0 Å². The third-order valence-corrected chi connectivity index (χ3v) is 6.55. The predicted octanol–water partition coefficient (Wildman–Crippen LogP) is 5.80. The van der Waals surface area contributed by atoms with E-state index in [-0.39, 0.29) is 23.6 Å². The lowest BCUT2D eigenvalue weighted by molar-refractivity contribution is 0.198. The Bertz CT molecular complexity index is 935. The van der Waals surface area contributed by atoms with Crippen molar-refractivity contribution in [3.63, 3.8) is 0 Å². The summed E-state index contributed by atoms with van der Waals surface area (Å²) < 4.78 is 25.4. The summed E-state index contributed by atoms with van der Waals surface area (Å²) in [5, 5.41) is 10.2. The first-order chi connectivity index (χ1) is 14.5. The number of fused-ring (bicyclic) bond motifs is 1. The van der Waals surface area contributed by atoms with Gasteiger partial charge in [-0.15, -0.1) is 0 Å². The lowest BCUT2D eigenvalue weighted by Crippen LogP contribution is -2.26. The van der Waals surface area contributed by atoms with Crippen LogP contribution in [0, 0.1) is 0 Å². The van der Waals surface area contributed by atoms with Gasteiger partial charge in [-0.2, -0.15) is 0 Å². The minimum Gasteiger partial charge on any atom is -0.506 e. The van der Waals surface area contributed by atoms with Gasteiger partial charge in [0, 0.05) is 47.7 Å². The number of phenolic OH excluding ortho intramolecular Hbond substituents is 1. The summed E-state index contributed by atoms with van der Waals surface area (Å²) in [6.07, 6.45) is 2.39. The van der Waals surface area contributed by atoms with E-state index in [1.165, 1.54) is 0 Å². The second-order valence-electron chi connectivity index (χ2n) is 7.57. The fourth-order valence-electron chi connectivity index (χ4n) is 3.96. The summed E-state index contributed by atoms with van der Waals surface area (Å²) in [6, 6.07) is 11.3. The molecule has 160 valence electrons. The first kappa shape index (κ1) is 21.5. The summed E-state index contributed by atoms with van der Waals surface area (Å²) in [5.41, 5.74) is 2.85. The van der Waals surface area contributed by atoms with Crippen molar-refractivity contribution >= 4 is 33.1 Å². The molecule has 0 saturated carbocycles. The quantitative estimate of drug-likeness (QED) is 0.549. The molecule has 2 heterocycles. The number of hydrogen-bond donors (Lipinski definition) is 1. The van der Waals surface area contributed by atoms with Crippen LogP contribution in [0.2, 0.25) is 5.02 Å². The van der Waals surface area contributed by atoms with Crippen LogP contribution in [-0.2, 0) is 0 Å². The molecule has 2 aliphatic rings. The number of benzene rings is 2. The second-order valence-corrected chi connectivity index (χ2v) is 8.94. The van der Waals surface area contributed by atoms with Gasteiger partial charge in [-0.1, -0.05) is 39.7 Å². The van der Waals surface area contributed by atoms with Gasteiger partial charge >= 0.3 is 0 Å². The molecule has 4 rings (SSSR count). The van der Waals surface area contributed by atoms with Gasteiger partial charge in [0.05, 0.1) is 18.3 Å². The molecule has 2 aromatic carbocycles. The maximum absolute atomic E-state index is 12.4. The molecule has 0 aliphatic carbocycles. The summed E-state index contributed by atoms with van der Waals surface area (Å²) >= 11 is 9.88. The van der Waals surface area contributed by atoms with E-state index in [1.54, 1.807) is 12.1 Å². The Morgan fingerprint density at radius 2 is 2.07 bits per heavy atom. The van der Waals surface area contributed by atoms with Crippen molar-refractivity contribution in [1.82, 2.24) is 4.90 Å². The maximum Gasteiger partial charge on any atom is 0.137 e. The molecule has 7 heteroatoms. The van der Waals surface area contributed by atoms with Gasteiger partial charge in [0.25, 0.3) is 0 Å². The van der Waals surface area contributed by atoms with Crippen molar-refractivity contribution in [2.45, 2.75) is 25.4 Å². The van der Waals surface area contributed by atoms with E-state index in [4.69, 9.17) is 21.1 Å². The van der Waals surface area contributed by atoms with Crippen LogP contribution in [0.3, 0.4) is 0 Å².